The number of halogens is 3. The zero-order valence-electron chi connectivity index (χ0n) is 17.3. The maximum Gasteiger partial charge on any atom is 0.258 e. The number of hydrogen-bond donors (Lipinski definition) is 3. The van der Waals surface area contributed by atoms with Crippen molar-refractivity contribution in [1.82, 2.24) is 9.97 Å². The van der Waals surface area contributed by atoms with Crippen molar-refractivity contribution in [2.75, 3.05) is 16.0 Å². The second-order valence-corrected chi connectivity index (χ2v) is 7.39. The molecule has 0 spiro atoms. The Bertz CT molecular complexity index is 1420. The third-order valence-corrected chi connectivity index (χ3v) is 4.91. The first-order valence-corrected chi connectivity index (χ1v) is 10.2. The van der Waals surface area contributed by atoms with Crippen molar-refractivity contribution in [3.63, 3.8) is 0 Å². The summed E-state index contributed by atoms with van der Waals surface area (Å²) in [5.41, 5.74) is 1.11. The molecule has 4 rings (SSSR count). The molecule has 3 N–H and O–H groups in total. The van der Waals surface area contributed by atoms with E-state index in [1.165, 1.54) is 42.7 Å². The average Bonchev–Trinajstić information content (AvgIpc) is 2.82. The molecule has 0 saturated heterocycles. The largest absolute Gasteiger partial charge is 0.340 e. The van der Waals surface area contributed by atoms with Crippen molar-refractivity contribution in [3.05, 3.63) is 101 Å². The van der Waals surface area contributed by atoms with Crippen LogP contribution in [0.15, 0.2) is 73.1 Å². The van der Waals surface area contributed by atoms with Crippen LogP contribution in [-0.4, -0.2) is 15.9 Å². The molecule has 0 saturated carbocycles. The highest BCUT2D eigenvalue weighted by molar-refractivity contribution is 6.31. The lowest BCUT2D eigenvalue weighted by Gasteiger charge is -2.11. The summed E-state index contributed by atoms with van der Waals surface area (Å²) in [5, 5.41) is 17.6. The van der Waals surface area contributed by atoms with Gasteiger partial charge in [-0.2, -0.15) is 5.26 Å². The van der Waals surface area contributed by atoms with Crippen LogP contribution in [0.3, 0.4) is 0 Å². The van der Waals surface area contributed by atoms with E-state index in [1.807, 2.05) is 0 Å². The fraction of sp³-hybridized carbons (Fsp3) is 0. The zero-order valence-corrected chi connectivity index (χ0v) is 18.1. The van der Waals surface area contributed by atoms with E-state index >= 15 is 0 Å². The molecule has 0 unspecified atom stereocenters. The molecule has 1 heterocycles. The minimum atomic E-state index is -0.875. The van der Waals surface area contributed by atoms with Gasteiger partial charge in [-0.05, 0) is 48.5 Å². The Morgan fingerprint density at radius 1 is 0.882 bits per heavy atom. The molecular formula is C24H15ClF2N6O. The zero-order chi connectivity index (χ0) is 24.1. The Morgan fingerprint density at radius 2 is 1.56 bits per heavy atom. The Balaban J connectivity index is 1.47. The maximum absolute atomic E-state index is 14.3. The summed E-state index contributed by atoms with van der Waals surface area (Å²) in [6.07, 6.45) is 1.34. The average molecular weight is 477 g/mol. The van der Waals surface area contributed by atoms with Crippen LogP contribution < -0.4 is 16.0 Å². The second-order valence-electron chi connectivity index (χ2n) is 6.98. The molecule has 0 bridgehead atoms. The van der Waals surface area contributed by atoms with Crippen LogP contribution in [0.5, 0.6) is 0 Å². The van der Waals surface area contributed by atoms with E-state index in [2.05, 4.69) is 25.9 Å². The SMILES string of the molecule is N#Cc1cccc(C(=O)Nc2cccc(Nc3cc(Nc4ccc(F)c(Cl)c4)ncn3)c2)c1F. The summed E-state index contributed by atoms with van der Waals surface area (Å²) in [6.45, 7) is 0. The van der Waals surface area contributed by atoms with Gasteiger partial charge in [0, 0.05) is 23.1 Å². The van der Waals surface area contributed by atoms with E-state index in [4.69, 9.17) is 16.9 Å². The maximum atomic E-state index is 14.3. The van der Waals surface area contributed by atoms with Crippen molar-refractivity contribution < 1.29 is 13.6 Å². The first kappa shape index (κ1) is 22.6. The molecule has 34 heavy (non-hydrogen) atoms. The van der Waals surface area contributed by atoms with Gasteiger partial charge in [0.05, 0.1) is 16.1 Å². The molecule has 3 aromatic carbocycles. The standard InChI is InChI=1S/C24H15ClF2N6O/c25-19-10-17(7-8-20(19)26)32-22-11-21(29-13-30-22)31-15-4-2-5-16(9-15)33-24(34)18-6-1-3-14(12-28)23(18)27/h1-11,13H,(H,33,34)(H2,29,30,31,32). The van der Waals surface area contributed by atoms with Gasteiger partial charge in [0.15, 0.2) is 5.82 Å². The fourth-order valence-electron chi connectivity index (χ4n) is 3.03. The number of nitrogens with one attached hydrogen (secondary N) is 3. The number of nitriles is 1. The normalized spacial score (nSPS) is 10.3. The molecule has 168 valence electrons. The van der Waals surface area contributed by atoms with Crippen molar-refractivity contribution >= 4 is 46.2 Å². The lowest BCUT2D eigenvalue weighted by atomic mass is 10.1. The van der Waals surface area contributed by atoms with Crippen LogP contribution in [0, 0.1) is 23.0 Å². The van der Waals surface area contributed by atoms with Crippen LogP contribution in [0.4, 0.5) is 37.5 Å². The summed E-state index contributed by atoms with van der Waals surface area (Å²) in [5.74, 6) is -1.19. The minimum absolute atomic E-state index is 0.0181. The Hall–Kier alpha value is -4.55. The minimum Gasteiger partial charge on any atom is -0.340 e. The Kier molecular flexibility index (Phi) is 6.62. The smallest absolute Gasteiger partial charge is 0.258 e. The van der Waals surface area contributed by atoms with Crippen LogP contribution in [-0.2, 0) is 0 Å². The first-order valence-electron chi connectivity index (χ1n) is 9.84. The monoisotopic (exact) mass is 476 g/mol. The summed E-state index contributed by atoms with van der Waals surface area (Å²) in [7, 11) is 0. The fourth-order valence-corrected chi connectivity index (χ4v) is 3.21. The van der Waals surface area contributed by atoms with Crippen LogP contribution in [0.1, 0.15) is 15.9 Å². The molecule has 4 aromatic rings. The first-order chi connectivity index (χ1) is 16.4. The van der Waals surface area contributed by atoms with Crippen LogP contribution >= 0.6 is 11.6 Å². The molecular weight excluding hydrogens is 462 g/mol. The molecule has 10 heteroatoms. The van der Waals surface area contributed by atoms with E-state index in [-0.39, 0.29) is 16.1 Å². The number of carbonyl (C=O) groups excluding carboxylic acids is 1. The lowest BCUT2D eigenvalue weighted by molar-refractivity contribution is 0.102. The highest BCUT2D eigenvalue weighted by Crippen LogP contribution is 2.24. The molecule has 1 aromatic heterocycles. The van der Waals surface area contributed by atoms with Crippen LogP contribution in [0.25, 0.3) is 0 Å². The molecule has 7 nitrogen and oxygen atoms in total. The van der Waals surface area contributed by atoms with Gasteiger partial charge < -0.3 is 16.0 Å². The van der Waals surface area contributed by atoms with Crippen molar-refractivity contribution in [3.8, 4) is 6.07 Å². The van der Waals surface area contributed by atoms with Crippen molar-refractivity contribution in [2.45, 2.75) is 0 Å². The van der Waals surface area contributed by atoms with Gasteiger partial charge in [-0.15, -0.1) is 0 Å². The van der Waals surface area contributed by atoms with Gasteiger partial charge in [-0.25, -0.2) is 18.7 Å². The van der Waals surface area contributed by atoms with Gasteiger partial charge >= 0.3 is 0 Å². The number of hydrogen-bond acceptors (Lipinski definition) is 6. The summed E-state index contributed by atoms with van der Waals surface area (Å²) in [6, 6.07) is 18.3. The highest BCUT2D eigenvalue weighted by atomic mass is 35.5. The van der Waals surface area contributed by atoms with E-state index in [0.29, 0.717) is 28.7 Å². The molecule has 0 atom stereocenters. The highest BCUT2D eigenvalue weighted by Gasteiger charge is 2.15. The quantitative estimate of drug-likeness (QED) is 0.314. The van der Waals surface area contributed by atoms with E-state index in [1.54, 1.807) is 36.4 Å². The number of anilines is 5. The van der Waals surface area contributed by atoms with E-state index in [0.717, 1.165) is 0 Å². The Morgan fingerprint density at radius 3 is 2.26 bits per heavy atom. The summed E-state index contributed by atoms with van der Waals surface area (Å²) < 4.78 is 27.6. The number of benzene rings is 3. The van der Waals surface area contributed by atoms with Gasteiger partial charge in [0.25, 0.3) is 5.91 Å². The molecule has 0 aliphatic carbocycles. The summed E-state index contributed by atoms with van der Waals surface area (Å²) >= 11 is 5.81. The number of aromatic nitrogens is 2. The molecule has 1 amide bonds. The lowest BCUT2D eigenvalue weighted by Crippen LogP contribution is -2.14. The summed E-state index contributed by atoms with van der Waals surface area (Å²) in [4.78, 5) is 20.8. The molecule has 0 fully saturated rings. The number of amides is 1. The third kappa shape index (κ3) is 5.26. The van der Waals surface area contributed by atoms with E-state index in [9.17, 15) is 13.6 Å². The Labute approximate surface area is 198 Å². The molecule has 0 aliphatic rings. The van der Waals surface area contributed by atoms with E-state index < -0.39 is 17.5 Å². The topological polar surface area (TPSA) is 103 Å². The van der Waals surface area contributed by atoms with Gasteiger partial charge in [-0.1, -0.05) is 23.7 Å². The number of nitrogens with zero attached hydrogens (tertiary/aromatic N) is 3. The van der Waals surface area contributed by atoms with Gasteiger partial charge in [-0.3, -0.25) is 4.79 Å². The number of rotatable bonds is 6. The van der Waals surface area contributed by atoms with Crippen LogP contribution in [0.2, 0.25) is 5.02 Å². The van der Waals surface area contributed by atoms with Crippen molar-refractivity contribution in [1.29, 1.82) is 5.26 Å². The van der Waals surface area contributed by atoms with Gasteiger partial charge in [0.2, 0.25) is 0 Å². The predicted octanol–water partition coefficient (Wildman–Crippen LogP) is 6.02. The molecule has 0 aliphatic heterocycles. The van der Waals surface area contributed by atoms with Crippen molar-refractivity contribution in [2.24, 2.45) is 0 Å². The molecule has 0 radical (unpaired) electrons. The van der Waals surface area contributed by atoms with Gasteiger partial charge in [0.1, 0.15) is 29.8 Å². The number of carbonyl (C=O) groups is 1. The second kappa shape index (κ2) is 9.94. The predicted molar refractivity (Wildman–Crippen MR) is 126 cm³/mol. The third-order valence-electron chi connectivity index (χ3n) is 4.62.